The zero-order chi connectivity index (χ0) is 38.5. The van der Waals surface area contributed by atoms with E-state index in [1.54, 1.807) is 13.2 Å². The molecule has 3 fully saturated rings. The highest BCUT2D eigenvalue weighted by molar-refractivity contribution is 7.92. The maximum absolute atomic E-state index is 14.3. The fraction of sp³-hybridized carbons (Fsp3) is 0.476. The minimum Gasteiger partial charge on any atom is -0.497 e. The largest absolute Gasteiger partial charge is 0.497 e. The highest BCUT2D eigenvalue weighted by atomic mass is 32.2. The molecule has 54 heavy (non-hydrogen) atoms. The predicted molar refractivity (Wildman–Crippen MR) is 207 cm³/mol. The van der Waals surface area contributed by atoms with Crippen LogP contribution in [-0.2, 0) is 24.4 Å². The molecule has 3 amide bonds. The molecule has 286 valence electrons. The first kappa shape index (κ1) is 37.6. The molecule has 1 aromatic heterocycles. The summed E-state index contributed by atoms with van der Waals surface area (Å²) in [7, 11) is -2.47. The first-order valence-corrected chi connectivity index (χ1v) is 20.4. The molecule has 2 heterocycles. The third kappa shape index (κ3) is 7.24. The number of fused-ring (bicyclic) bond motifs is 1. The molecular weight excluding hydrogens is 705 g/mol. The van der Waals surface area contributed by atoms with Crippen molar-refractivity contribution in [3.8, 4) is 22.8 Å². The van der Waals surface area contributed by atoms with Crippen molar-refractivity contribution in [1.82, 2.24) is 19.9 Å². The van der Waals surface area contributed by atoms with Crippen LogP contribution in [0.5, 0.6) is 11.5 Å². The third-order valence-electron chi connectivity index (χ3n) is 11.3. The second-order valence-electron chi connectivity index (χ2n) is 16.4. The lowest BCUT2D eigenvalue weighted by molar-refractivity contribution is -0.141. The molecule has 2 saturated carbocycles. The Morgan fingerprint density at radius 3 is 2.46 bits per heavy atom. The van der Waals surface area contributed by atoms with E-state index in [1.807, 2.05) is 81.4 Å². The average Bonchev–Trinajstić information content (AvgIpc) is 4.06. The predicted octanol–water partition coefficient (Wildman–Crippen LogP) is 6.23. The molecule has 12 heteroatoms. The van der Waals surface area contributed by atoms with E-state index in [4.69, 9.17) is 14.5 Å². The molecule has 3 aliphatic carbocycles. The van der Waals surface area contributed by atoms with Crippen LogP contribution >= 0.6 is 0 Å². The van der Waals surface area contributed by atoms with Crippen LogP contribution in [-0.4, -0.2) is 72.1 Å². The molecule has 4 aliphatic rings. The number of nitrogens with one attached hydrogen (secondary N) is 2. The minimum atomic E-state index is -4.06. The van der Waals surface area contributed by atoms with E-state index < -0.39 is 50.2 Å². The van der Waals surface area contributed by atoms with E-state index in [1.165, 1.54) is 4.90 Å². The smallest absolute Gasteiger partial charge is 0.259 e. The van der Waals surface area contributed by atoms with Gasteiger partial charge >= 0.3 is 0 Å². The standard InChI is InChI=1S/C42H50N4O7S/c1-6-28-24-42(28,39(49)45-54(50,51)41(19-20-41)29-15-11-8-12-16-29)44-38(48)35-22-31(26-46(35)37(47)25-40(2,3)4)53-36-23-33(27-13-9-7-10-14-27)43-34-21-30(52-5)17-18-32(34)36/h6-7,9-10,13-15,17-18,21,23,28,31,35H,1,8,11-12,16,19-20,22,24-26H2,2-5H3,(H,44,48)(H,45,49). The molecule has 0 spiro atoms. The Bertz CT molecular complexity index is 2120. The van der Waals surface area contributed by atoms with E-state index in [0.717, 1.165) is 35.8 Å². The number of hydrogen-bond acceptors (Lipinski definition) is 8. The van der Waals surface area contributed by atoms with Crippen molar-refractivity contribution in [2.75, 3.05) is 13.7 Å². The summed E-state index contributed by atoms with van der Waals surface area (Å²) in [6.45, 7) is 9.88. The molecule has 0 radical (unpaired) electrons. The number of sulfonamides is 1. The Morgan fingerprint density at radius 1 is 1.07 bits per heavy atom. The maximum Gasteiger partial charge on any atom is 0.259 e. The molecule has 4 atom stereocenters. The summed E-state index contributed by atoms with van der Waals surface area (Å²) >= 11 is 0. The lowest BCUT2D eigenvalue weighted by Crippen LogP contribution is -2.57. The number of hydrogen-bond donors (Lipinski definition) is 2. The van der Waals surface area contributed by atoms with Crippen LogP contribution in [0.25, 0.3) is 22.2 Å². The van der Waals surface area contributed by atoms with E-state index in [-0.39, 0.29) is 37.1 Å². The summed E-state index contributed by atoms with van der Waals surface area (Å²) < 4.78 is 41.0. The summed E-state index contributed by atoms with van der Waals surface area (Å²) in [5.41, 5.74) is 1.29. The number of methoxy groups -OCH3 is 1. The van der Waals surface area contributed by atoms with Crippen LogP contribution in [0.15, 0.2) is 78.9 Å². The highest BCUT2D eigenvalue weighted by Crippen LogP contribution is 2.52. The molecule has 1 aliphatic heterocycles. The number of nitrogens with zero attached hydrogens (tertiary/aromatic N) is 2. The Balaban J connectivity index is 1.15. The van der Waals surface area contributed by atoms with E-state index in [9.17, 15) is 22.8 Å². The number of aromatic nitrogens is 1. The van der Waals surface area contributed by atoms with E-state index >= 15 is 0 Å². The van der Waals surface area contributed by atoms with Gasteiger partial charge in [0.1, 0.15) is 33.9 Å². The number of likely N-dealkylation sites (tertiary alicyclic amines) is 1. The molecule has 2 N–H and O–H groups in total. The fourth-order valence-corrected chi connectivity index (χ4v) is 9.87. The van der Waals surface area contributed by atoms with Gasteiger partial charge in [0.2, 0.25) is 21.8 Å². The molecule has 3 aromatic rings. The van der Waals surface area contributed by atoms with Gasteiger partial charge in [0.15, 0.2) is 0 Å². The van der Waals surface area contributed by atoms with Crippen LogP contribution in [0.3, 0.4) is 0 Å². The summed E-state index contributed by atoms with van der Waals surface area (Å²) in [5.74, 6) is -0.793. The fourth-order valence-electron chi connectivity index (χ4n) is 8.08. The summed E-state index contributed by atoms with van der Waals surface area (Å²) in [6, 6.07) is 16.2. The Hall–Kier alpha value is -4.71. The quantitative estimate of drug-likeness (QED) is 0.207. The van der Waals surface area contributed by atoms with Gasteiger partial charge in [0.05, 0.1) is 24.9 Å². The van der Waals surface area contributed by atoms with Crippen LogP contribution in [0.2, 0.25) is 0 Å². The number of ether oxygens (including phenoxy) is 2. The van der Waals surface area contributed by atoms with Crippen molar-refractivity contribution in [2.45, 2.75) is 101 Å². The van der Waals surface area contributed by atoms with Crippen LogP contribution < -0.4 is 19.5 Å². The van der Waals surface area contributed by atoms with Crippen molar-refractivity contribution < 1.29 is 32.3 Å². The maximum atomic E-state index is 14.3. The molecule has 11 nitrogen and oxygen atoms in total. The zero-order valence-electron chi connectivity index (χ0n) is 31.5. The second-order valence-corrected chi connectivity index (χ2v) is 18.4. The molecule has 4 unspecified atom stereocenters. The van der Waals surface area contributed by atoms with Crippen molar-refractivity contribution in [3.05, 3.63) is 78.9 Å². The molecule has 2 aromatic carbocycles. The summed E-state index contributed by atoms with van der Waals surface area (Å²) in [5, 5.41) is 3.66. The van der Waals surface area contributed by atoms with Crippen LogP contribution in [0.1, 0.15) is 78.6 Å². The van der Waals surface area contributed by atoms with Crippen molar-refractivity contribution in [2.24, 2.45) is 11.3 Å². The Kier molecular flexibility index (Phi) is 9.87. The van der Waals surface area contributed by atoms with Crippen molar-refractivity contribution in [1.29, 1.82) is 0 Å². The third-order valence-corrected chi connectivity index (χ3v) is 13.4. The lowest BCUT2D eigenvalue weighted by Gasteiger charge is -2.29. The highest BCUT2D eigenvalue weighted by Gasteiger charge is 2.64. The van der Waals surface area contributed by atoms with Gasteiger partial charge in [0, 0.05) is 41.8 Å². The Labute approximate surface area is 317 Å². The monoisotopic (exact) mass is 754 g/mol. The minimum absolute atomic E-state index is 0.143. The van der Waals surface area contributed by atoms with Gasteiger partial charge in [0.25, 0.3) is 5.91 Å². The van der Waals surface area contributed by atoms with Gasteiger partial charge in [-0.3, -0.25) is 19.1 Å². The molecule has 0 bridgehead atoms. The van der Waals surface area contributed by atoms with Gasteiger partial charge in [-0.1, -0.05) is 68.8 Å². The number of allylic oxidation sites excluding steroid dienone is 1. The summed E-state index contributed by atoms with van der Waals surface area (Å²) in [4.78, 5) is 48.6. The first-order valence-electron chi connectivity index (χ1n) is 18.9. The van der Waals surface area contributed by atoms with Crippen molar-refractivity contribution in [3.63, 3.8) is 0 Å². The number of amides is 3. The van der Waals surface area contributed by atoms with Gasteiger partial charge in [-0.25, -0.2) is 13.4 Å². The zero-order valence-corrected chi connectivity index (χ0v) is 32.3. The van der Waals surface area contributed by atoms with Gasteiger partial charge in [-0.15, -0.1) is 6.58 Å². The SMILES string of the molecule is C=CC1CC1(NC(=O)C1CC(Oc2cc(-c3ccccc3)nc3cc(OC)ccc23)CN1C(=O)CC(C)(C)C)C(=O)NS(=O)(=O)C1(C2=CCCCC2)CC1. The molecule has 1 saturated heterocycles. The van der Waals surface area contributed by atoms with Gasteiger partial charge < -0.3 is 19.7 Å². The van der Waals surface area contributed by atoms with Crippen molar-refractivity contribution >= 4 is 38.6 Å². The van der Waals surface area contributed by atoms with Crippen LogP contribution in [0, 0.1) is 11.3 Å². The Morgan fingerprint density at radius 2 is 1.83 bits per heavy atom. The van der Waals surface area contributed by atoms with E-state index in [2.05, 4.69) is 16.6 Å². The molecule has 7 rings (SSSR count). The number of benzene rings is 2. The topological polar surface area (TPSA) is 144 Å². The molecular formula is C42H50N4O7S. The first-order chi connectivity index (χ1) is 25.7. The average molecular weight is 755 g/mol. The van der Waals surface area contributed by atoms with Gasteiger partial charge in [-0.2, -0.15) is 0 Å². The van der Waals surface area contributed by atoms with Gasteiger partial charge in [-0.05, 0) is 62.5 Å². The number of carbonyl (C=O) groups is 3. The lowest BCUT2D eigenvalue weighted by atomic mass is 9.91. The van der Waals surface area contributed by atoms with Crippen LogP contribution in [0.4, 0.5) is 0 Å². The van der Waals surface area contributed by atoms with E-state index in [0.29, 0.717) is 42.0 Å². The normalized spacial score (nSPS) is 24.6. The number of carbonyl (C=O) groups excluding carboxylic acids is 3. The summed E-state index contributed by atoms with van der Waals surface area (Å²) in [6.07, 6.45) is 7.97. The second kappa shape index (κ2) is 14.2. The number of pyridine rings is 1. The number of rotatable bonds is 12.